The van der Waals surface area contributed by atoms with Crippen LogP contribution in [0.25, 0.3) is 11.3 Å². The Morgan fingerprint density at radius 3 is 2.68 bits per heavy atom. The first-order chi connectivity index (χ1) is 14.8. The number of nitro groups is 1. The van der Waals surface area contributed by atoms with E-state index in [0.29, 0.717) is 16.4 Å². The molecule has 1 unspecified atom stereocenters. The van der Waals surface area contributed by atoms with Crippen molar-refractivity contribution in [2.24, 2.45) is 5.92 Å². The van der Waals surface area contributed by atoms with Crippen LogP contribution in [0, 0.1) is 27.7 Å². The maximum atomic E-state index is 13.6. The number of hydrogen-bond donors (Lipinski definition) is 1. The van der Waals surface area contributed by atoms with Gasteiger partial charge in [-0.2, -0.15) is 4.39 Å². The van der Waals surface area contributed by atoms with Crippen LogP contribution in [0.4, 0.5) is 25.3 Å². The minimum atomic E-state index is -1.00. The summed E-state index contributed by atoms with van der Waals surface area (Å²) in [6.07, 6.45) is -0.0901. The average Bonchev–Trinajstić information content (AvgIpc) is 3.35. The molecule has 3 aromatic rings. The number of nitrogens with one attached hydrogen (secondary N) is 1. The second-order valence-electron chi connectivity index (χ2n) is 6.83. The first kappa shape index (κ1) is 20.5. The van der Waals surface area contributed by atoms with Gasteiger partial charge in [0.2, 0.25) is 17.6 Å². The summed E-state index contributed by atoms with van der Waals surface area (Å²) in [6, 6.07) is 8.92. The molecule has 1 aliphatic heterocycles. The molecular formula is C20H14F2N4O4S. The molecule has 0 radical (unpaired) electrons. The summed E-state index contributed by atoms with van der Waals surface area (Å²) in [5.41, 5.74) is 0.678. The van der Waals surface area contributed by atoms with E-state index in [2.05, 4.69) is 10.3 Å². The summed E-state index contributed by atoms with van der Waals surface area (Å²) in [7, 11) is 0. The molecule has 1 N–H and O–H groups in total. The monoisotopic (exact) mass is 444 g/mol. The van der Waals surface area contributed by atoms with Crippen molar-refractivity contribution >= 4 is 39.7 Å². The maximum absolute atomic E-state index is 13.6. The number of amides is 2. The Kier molecular flexibility index (Phi) is 5.42. The fraction of sp³-hybridized carbons (Fsp3) is 0.150. The highest BCUT2D eigenvalue weighted by Gasteiger charge is 2.36. The molecule has 1 aliphatic rings. The summed E-state index contributed by atoms with van der Waals surface area (Å²) in [5, 5.41) is 15.6. The van der Waals surface area contributed by atoms with Crippen LogP contribution in [0.3, 0.4) is 0 Å². The van der Waals surface area contributed by atoms with Crippen LogP contribution in [-0.2, 0) is 9.59 Å². The molecule has 31 heavy (non-hydrogen) atoms. The van der Waals surface area contributed by atoms with Gasteiger partial charge in [-0.05, 0) is 36.4 Å². The minimum absolute atomic E-state index is 0.00362. The van der Waals surface area contributed by atoms with Gasteiger partial charge < -0.3 is 10.2 Å². The summed E-state index contributed by atoms with van der Waals surface area (Å²) >= 11 is 1.19. The Morgan fingerprint density at radius 1 is 1.23 bits per heavy atom. The molecule has 2 heterocycles. The van der Waals surface area contributed by atoms with Crippen LogP contribution in [0.5, 0.6) is 0 Å². The third kappa shape index (κ3) is 4.26. The molecule has 0 bridgehead atoms. The lowest BCUT2D eigenvalue weighted by Gasteiger charge is -2.16. The lowest BCUT2D eigenvalue weighted by molar-refractivity contribution is -0.387. The number of carbonyl (C=O) groups is 2. The van der Waals surface area contributed by atoms with Gasteiger partial charge in [0.15, 0.2) is 5.13 Å². The lowest BCUT2D eigenvalue weighted by atomic mass is 10.1. The van der Waals surface area contributed by atoms with E-state index in [0.717, 1.165) is 12.1 Å². The number of anilines is 2. The van der Waals surface area contributed by atoms with Crippen LogP contribution in [-0.4, -0.2) is 28.3 Å². The molecule has 2 amide bonds. The number of aromatic nitrogens is 1. The fourth-order valence-electron chi connectivity index (χ4n) is 3.23. The molecule has 1 atom stereocenters. The average molecular weight is 444 g/mol. The van der Waals surface area contributed by atoms with Crippen LogP contribution in [0.1, 0.15) is 6.42 Å². The normalized spacial score (nSPS) is 15.9. The quantitative estimate of drug-likeness (QED) is 0.473. The molecule has 1 saturated heterocycles. The highest BCUT2D eigenvalue weighted by atomic mass is 32.1. The van der Waals surface area contributed by atoms with Crippen molar-refractivity contribution in [2.45, 2.75) is 6.42 Å². The van der Waals surface area contributed by atoms with Gasteiger partial charge in [-0.15, -0.1) is 11.3 Å². The molecule has 4 rings (SSSR count). The van der Waals surface area contributed by atoms with Crippen molar-refractivity contribution < 1.29 is 23.3 Å². The highest BCUT2D eigenvalue weighted by Crippen LogP contribution is 2.31. The topological polar surface area (TPSA) is 105 Å². The van der Waals surface area contributed by atoms with E-state index in [9.17, 15) is 28.5 Å². The van der Waals surface area contributed by atoms with E-state index in [1.165, 1.54) is 34.4 Å². The van der Waals surface area contributed by atoms with Gasteiger partial charge in [-0.1, -0.05) is 0 Å². The summed E-state index contributed by atoms with van der Waals surface area (Å²) < 4.78 is 26.6. The van der Waals surface area contributed by atoms with Crippen molar-refractivity contribution in [3.63, 3.8) is 0 Å². The van der Waals surface area contributed by atoms with Gasteiger partial charge >= 0.3 is 5.69 Å². The Labute approximate surface area is 178 Å². The van der Waals surface area contributed by atoms with Gasteiger partial charge in [0.25, 0.3) is 0 Å². The van der Waals surface area contributed by atoms with Crippen molar-refractivity contribution in [3.8, 4) is 11.3 Å². The third-order valence-corrected chi connectivity index (χ3v) is 5.57. The van der Waals surface area contributed by atoms with Gasteiger partial charge in [0.1, 0.15) is 5.82 Å². The number of thiazole rings is 1. The van der Waals surface area contributed by atoms with Crippen molar-refractivity contribution in [1.29, 1.82) is 0 Å². The van der Waals surface area contributed by atoms with Gasteiger partial charge in [0.05, 0.1) is 22.2 Å². The van der Waals surface area contributed by atoms with Crippen LogP contribution >= 0.6 is 11.3 Å². The zero-order valence-corrected chi connectivity index (χ0v) is 16.6. The van der Waals surface area contributed by atoms with Crippen molar-refractivity contribution in [3.05, 3.63) is 69.6 Å². The predicted octanol–water partition coefficient (Wildman–Crippen LogP) is 3.99. The molecule has 2 aromatic carbocycles. The molecule has 1 aromatic heterocycles. The molecule has 0 saturated carbocycles. The first-order valence-electron chi connectivity index (χ1n) is 9.08. The van der Waals surface area contributed by atoms with Crippen molar-refractivity contribution in [2.75, 3.05) is 16.8 Å². The second kappa shape index (κ2) is 8.19. The Balaban J connectivity index is 1.45. The van der Waals surface area contributed by atoms with E-state index >= 15 is 0 Å². The minimum Gasteiger partial charge on any atom is -0.311 e. The van der Waals surface area contributed by atoms with Gasteiger partial charge in [0, 0.05) is 30.0 Å². The smallest absolute Gasteiger partial charge is 0.306 e. The zero-order valence-electron chi connectivity index (χ0n) is 15.7. The molecular weight excluding hydrogens is 430 g/mol. The Morgan fingerprint density at radius 2 is 1.97 bits per heavy atom. The van der Waals surface area contributed by atoms with E-state index in [1.807, 2.05) is 0 Å². The standard InChI is InChI=1S/C20H14F2N4O4S/c21-13-3-1-11(2-4-13)16-10-31-20(23-16)24-19(28)12-7-18(27)25(9-12)14-5-6-15(22)17(8-14)26(29)30/h1-6,8,10,12H,7,9H2,(H,23,24,28). The molecule has 11 heteroatoms. The molecule has 8 nitrogen and oxygen atoms in total. The molecule has 158 valence electrons. The highest BCUT2D eigenvalue weighted by molar-refractivity contribution is 7.14. The number of rotatable bonds is 5. The lowest BCUT2D eigenvalue weighted by Crippen LogP contribution is -2.28. The van der Waals surface area contributed by atoms with E-state index in [4.69, 9.17) is 0 Å². The number of carbonyl (C=O) groups excluding carboxylic acids is 2. The fourth-order valence-corrected chi connectivity index (χ4v) is 3.96. The third-order valence-electron chi connectivity index (χ3n) is 4.81. The summed E-state index contributed by atoms with van der Waals surface area (Å²) in [4.78, 5) is 40.6. The summed E-state index contributed by atoms with van der Waals surface area (Å²) in [6.45, 7) is 0.00362. The van der Waals surface area contributed by atoms with Crippen LogP contribution < -0.4 is 10.2 Å². The van der Waals surface area contributed by atoms with Crippen LogP contribution in [0.15, 0.2) is 47.8 Å². The van der Waals surface area contributed by atoms with Gasteiger partial charge in [-0.25, -0.2) is 9.37 Å². The number of benzene rings is 2. The number of halogens is 2. The second-order valence-corrected chi connectivity index (χ2v) is 7.69. The largest absolute Gasteiger partial charge is 0.311 e. The Bertz CT molecular complexity index is 1180. The van der Waals surface area contributed by atoms with Gasteiger partial charge in [-0.3, -0.25) is 19.7 Å². The number of hydrogen-bond acceptors (Lipinski definition) is 6. The van der Waals surface area contributed by atoms with Crippen LogP contribution in [0.2, 0.25) is 0 Å². The maximum Gasteiger partial charge on any atom is 0.306 e. The molecule has 1 fully saturated rings. The SMILES string of the molecule is O=C(Nc1nc(-c2ccc(F)cc2)cs1)C1CC(=O)N(c2ccc(F)c([N+](=O)[O-])c2)C1. The summed E-state index contributed by atoms with van der Waals surface area (Å²) in [5.74, 6) is -2.89. The molecule has 0 aliphatic carbocycles. The molecule has 0 spiro atoms. The zero-order chi connectivity index (χ0) is 22.1. The van der Waals surface area contributed by atoms with Crippen molar-refractivity contribution in [1.82, 2.24) is 4.98 Å². The first-order valence-corrected chi connectivity index (χ1v) is 9.96. The van der Waals surface area contributed by atoms with E-state index in [1.54, 1.807) is 17.5 Å². The number of nitrogens with zero attached hydrogens (tertiary/aromatic N) is 3. The Hall–Kier alpha value is -3.73. The van der Waals surface area contributed by atoms with E-state index < -0.39 is 34.2 Å². The van der Waals surface area contributed by atoms with E-state index in [-0.39, 0.29) is 24.5 Å². The predicted molar refractivity (Wildman–Crippen MR) is 110 cm³/mol. The number of nitro benzene ring substituents is 1.